The van der Waals surface area contributed by atoms with Crippen molar-refractivity contribution in [1.29, 1.82) is 0 Å². The van der Waals surface area contributed by atoms with Crippen LogP contribution in [0.5, 0.6) is 0 Å². The molecule has 0 rings (SSSR count). The predicted octanol–water partition coefficient (Wildman–Crippen LogP) is 3.87. The van der Waals surface area contributed by atoms with Crippen molar-refractivity contribution in [3.05, 3.63) is 0 Å². The standard InChI is InChI=1S/C16H30O4/c1-7-8-9-10-11-13(4)19-15(18)16(5,6)20-14(17)12(2)3/h12-13H,7-11H2,1-6H3. The summed E-state index contributed by atoms with van der Waals surface area (Å²) in [7, 11) is 0. The lowest BCUT2D eigenvalue weighted by molar-refractivity contribution is -0.183. The molecule has 0 aromatic heterocycles. The fourth-order valence-electron chi connectivity index (χ4n) is 1.65. The van der Waals surface area contributed by atoms with Crippen molar-refractivity contribution >= 4 is 11.9 Å². The third-order valence-electron chi connectivity index (χ3n) is 3.09. The highest BCUT2D eigenvalue weighted by Crippen LogP contribution is 2.17. The van der Waals surface area contributed by atoms with Crippen molar-refractivity contribution in [2.45, 2.75) is 85.4 Å². The number of ether oxygens (including phenoxy) is 2. The lowest BCUT2D eigenvalue weighted by Gasteiger charge is -2.26. The highest BCUT2D eigenvalue weighted by Gasteiger charge is 2.35. The second-order valence-corrected chi connectivity index (χ2v) is 6.15. The van der Waals surface area contributed by atoms with E-state index in [1.54, 1.807) is 27.7 Å². The number of rotatable bonds is 9. The van der Waals surface area contributed by atoms with Gasteiger partial charge in [-0.2, -0.15) is 0 Å². The van der Waals surface area contributed by atoms with Crippen LogP contribution in [0.3, 0.4) is 0 Å². The maximum Gasteiger partial charge on any atom is 0.350 e. The van der Waals surface area contributed by atoms with Crippen molar-refractivity contribution in [3.63, 3.8) is 0 Å². The normalized spacial score (nSPS) is 13.2. The molecule has 1 atom stereocenters. The van der Waals surface area contributed by atoms with Gasteiger partial charge in [0.1, 0.15) is 0 Å². The van der Waals surface area contributed by atoms with E-state index in [-0.39, 0.29) is 18.0 Å². The van der Waals surface area contributed by atoms with Gasteiger partial charge >= 0.3 is 11.9 Å². The first-order valence-electron chi connectivity index (χ1n) is 7.64. The van der Waals surface area contributed by atoms with Crippen LogP contribution in [0.15, 0.2) is 0 Å². The predicted molar refractivity (Wildman–Crippen MR) is 79.3 cm³/mol. The third-order valence-corrected chi connectivity index (χ3v) is 3.09. The Labute approximate surface area is 123 Å². The quantitative estimate of drug-likeness (QED) is 0.477. The van der Waals surface area contributed by atoms with E-state index >= 15 is 0 Å². The average molecular weight is 286 g/mol. The van der Waals surface area contributed by atoms with Gasteiger partial charge in [0, 0.05) is 0 Å². The number of carbonyl (C=O) groups excluding carboxylic acids is 2. The molecule has 0 spiro atoms. The largest absolute Gasteiger partial charge is 0.460 e. The monoisotopic (exact) mass is 286 g/mol. The van der Waals surface area contributed by atoms with Crippen molar-refractivity contribution in [3.8, 4) is 0 Å². The SMILES string of the molecule is CCCCCCC(C)OC(=O)C(C)(C)OC(=O)C(C)C. The molecule has 1 unspecified atom stereocenters. The lowest BCUT2D eigenvalue weighted by atomic mass is 10.1. The van der Waals surface area contributed by atoms with Crippen molar-refractivity contribution in [2.75, 3.05) is 0 Å². The second-order valence-electron chi connectivity index (χ2n) is 6.15. The maximum atomic E-state index is 12.0. The Morgan fingerprint density at radius 2 is 1.65 bits per heavy atom. The third kappa shape index (κ3) is 7.51. The van der Waals surface area contributed by atoms with E-state index in [1.165, 1.54) is 12.8 Å². The molecule has 0 aliphatic heterocycles. The molecule has 0 saturated heterocycles. The van der Waals surface area contributed by atoms with Crippen LogP contribution in [0.25, 0.3) is 0 Å². The molecule has 0 aromatic carbocycles. The van der Waals surface area contributed by atoms with Crippen LogP contribution < -0.4 is 0 Å². The molecule has 0 saturated carbocycles. The molecule has 4 nitrogen and oxygen atoms in total. The van der Waals surface area contributed by atoms with Crippen molar-refractivity contribution in [1.82, 2.24) is 0 Å². The van der Waals surface area contributed by atoms with Crippen molar-refractivity contribution < 1.29 is 19.1 Å². The molecule has 118 valence electrons. The fraction of sp³-hybridized carbons (Fsp3) is 0.875. The van der Waals surface area contributed by atoms with Crippen LogP contribution in [0.4, 0.5) is 0 Å². The molecular weight excluding hydrogens is 256 g/mol. The number of hydrogen-bond donors (Lipinski definition) is 0. The van der Waals surface area contributed by atoms with E-state index in [1.807, 2.05) is 6.92 Å². The summed E-state index contributed by atoms with van der Waals surface area (Å²) < 4.78 is 10.6. The molecule has 0 amide bonds. The molecule has 0 N–H and O–H groups in total. The molecule has 20 heavy (non-hydrogen) atoms. The summed E-state index contributed by atoms with van der Waals surface area (Å²) in [6.45, 7) is 10.7. The Bertz CT molecular complexity index is 308. The number of carbonyl (C=O) groups is 2. The number of hydrogen-bond acceptors (Lipinski definition) is 4. The highest BCUT2D eigenvalue weighted by atomic mass is 16.6. The molecule has 0 aromatic rings. The lowest BCUT2D eigenvalue weighted by Crippen LogP contribution is -2.41. The molecule has 0 radical (unpaired) electrons. The molecular formula is C16H30O4. The summed E-state index contributed by atoms with van der Waals surface area (Å²) in [5.74, 6) is -1.12. The van der Waals surface area contributed by atoms with Crippen LogP contribution >= 0.6 is 0 Å². The van der Waals surface area contributed by atoms with Crippen LogP contribution in [0.1, 0.15) is 73.6 Å². The maximum absolute atomic E-state index is 12.0. The van der Waals surface area contributed by atoms with E-state index in [0.717, 1.165) is 19.3 Å². The first kappa shape index (κ1) is 18.9. The highest BCUT2D eigenvalue weighted by molar-refractivity contribution is 5.83. The zero-order valence-electron chi connectivity index (χ0n) is 13.8. The summed E-state index contributed by atoms with van der Waals surface area (Å²) in [6.07, 6.45) is 5.31. The van der Waals surface area contributed by atoms with Gasteiger partial charge in [-0.15, -0.1) is 0 Å². The van der Waals surface area contributed by atoms with E-state index in [4.69, 9.17) is 9.47 Å². The first-order chi connectivity index (χ1) is 9.20. The van der Waals surface area contributed by atoms with E-state index in [2.05, 4.69) is 6.92 Å². The summed E-state index contributed by atoms with van der Waals surface area (Å²) in [4.78, 5) is 23.6. The zero-order valence-corrected chi connectivity index (χ0v) is 13.8. The Balaban J connectivity index is 4.19. The minimum Gasteiger partial charge on any atom is -0.460 e. The van der Waals surface area contributed by atoms with Gasteiger partial charge in [-0.05, 0) is 33.6 Å². The first-order valence-corrected chi connectivity index (χ1v) is 7.64. The number of esters is 2. The van der Waals surface area contributed by atoms with Gasteiger partial charge in [0.15, 0.2) is 0 Å². The molecule has 0 aliphatic rings. The Morgan fingerprint density at radius 3 is 2.15 bits per heavy atom. The van der Waals surface area contributed by atoms with Gasteiger partial charge in [0.05, 0.1) is 12.0 Å². The number of unbranched alkanes of at least 4 members (excludes halogenated alkanes) is 3. The molecule has 0 heterocycles. The van der Waals surface area contributed by atoms with Gasteiger partial charge in [-0.1, -0.05) is 40.0 Å². The van der Waals surface area contributed by atoms with Crippen molar-refractivity contribution in [2.24, 2.45) is 5.92 Å². The minimum atomic E-state index is -1.22. The Hall–Kier alpha value is -1.06. The summed E-state index contributed by atoms with van der Waals surface area (Å²) in [5, 5.41) is 0. The van der Waals surface area contributed by atoms with Gasteiger partial charge in [-0.25, -0.2) is 4.79 Å². The van der Waals surface area contributed by atoms with E-state index < -0.39 is 11.6 Å². The van der Waals surface area contributed by atoms with Gasteiger partial charge in [-0.3, -0.25) is 4.79 Å². The fourth-order valence-corrected chi connectivity index (χ4v) is 1.65. The smallest absolute Gasteiger partial charge is 0.350 e. The topological polar surface area (TPSA) is 52.6 Å². The van der Waals surface area contributed by atoms with Crippen LogP contribution in [-0.4, -0.2) is 23.6 Å². The molecule has 0 aliphatic carbocycles. The molecule has 0 bridgehead atoms. The average Bonchev–Trinajstić information content (AvgIpc) is 2.33. The van der Waals surface area contributed by atoms with E-state index in [0.29, 0.717) is 0 Å². The molecule has 0 fully saturated rings. The molecule has 4 heteroatoms. The van der Waals surface area contributed by atoms with Gasteiger partial charge in [0.2, 0.25) is 5.60 Å². The van der Waals surface area contributed by atoms with Gasteiger partial charge < -0.3 is 9.47 Å². The second kappa shape index (κ2) is 8.98. The minimum absolute atomic E-state index is 0.142. The van der Waals surface area contributed by atoms with Crippen LogP contribution in [-0.2, 0) is 19.1 Å². The Kier molecular flexibility index (Phi) is 8.51. The summed E-state index contributed by atoms with van der Waals surface area (Å²) >= 11 is 0. The summed E-state index contributed by atoms with van der Waals surface area (Å²) in [6, 6.07) is 0. The van der Waals surface area contributed by atoms with Crippen LogP contribution in [0.2, 0.25) is 0 Å². The van der Waals surface area contributed by atoms with Crippen LogP contribution in [0, 0.1) is 5.92 Å². The van der Waals surface area contributed by atoms with E-state index in [9.17, 15) is 9.59 Å². The van der Waals surface area contributed by atoms with Gasteiger partial charge in [0.25, 0.3) is 0 Å². The zero-order chi connectivity index (χ0) is 15.8. The Morgan fingerprint density at radius 1 is 1.05 bits per heavy atom. The summed E-state index contributed by atoms with van der Waals surface area (Å²) in [5.41, 5.74) is -1.22.